The summed E-state index contributed by atoms with van der Waals surface area (Å²) in [5.41, 5.74) is 6.65. The van der Waals surface area contributed by atoms with Crippen molar-refractivity contribution >= 4 is 11.3 Å². The second kappa shape index (κ2) is 7.94. The van der Waals surface area contributed by atoms with Gasteiger partial charge in [0.2, 0.25) is 0 Å². The molecular formula is C15H19NO2S. The van der Waals surface area contributed by atoms with E-state index in [1.807, 2.05) is 24.3 Å². The van der Waals surface area contributed by atoms with Crippen LogP contribution in [0.3, 0.4) is 0 Å². The quantitative estimate of drug-likeness (QED) is 0.755. The number of nitrogens with two attached hydrogens (primary N) is 1. The zero-order chi connectivity index (χ0) is 13.3. The SMILES string of the molecule is NCc1ccc(OCCOCCc2cccs2)cc1. The Kier molecular flexibility index (Phi) is 5.88. The normalized spacial score (nSPS) is 10.6. The van der Waals surface area contributed by atoms with Crippen LogP contribution in [0.15, 0.2) is 41.8 Å². The van der Waals surface area contributed by atoms with Gasteiger partial charge < -0.3 is 15.2 Å². The Morgan fingerprint density at radius 3 is 2.53 bits per heavy atom. The average molecular weight is 277 g/mol. The predicted octanol–water partition coefficient (Wildman–Crippen LogP) is 2.84. The summed E-state index contributed by atoms with van der Waals surface area (Å²) in [6.07, 6.45) is 0.975. The molecule has 1 aromatic carbocycles. The number of hydrogen-bond acceptors (Lipinski definition) is 4. The van der Waals surface area contributed by atoms with Crippen molar-refractivity contribution in [3.63, 3.8) is 0 Å². The van der Waals surface area contributed by atoms with E-state index in [0.29, 0.717) is 19.8 Å². The van der Waals surface area contributed by atoms with Gasteiger partial charge in [0.1, 0.15) is 12.4 Å². The van der Waals surface area contributed by atoms with Crippen LogP contribution in [0.4, 0.5) is 0 Å². The van der Waals surface area contributed by atoms with Crippen molar-refractivity contribution in [2.24, 2.45) is 5.73 Å². The van der Waals surface area contributed by atoms with Gasteiger partial charge in [-0.05, 0) is 29.1 Å². The van der Waals surface area contributed by atoms with Crippen LogP contribution in [0.5, 0.6) is 5.75 Å². The first-order chi connectivity index (χ1) is 9.38. The molecule has 2 aromatic rings. The molecule has 4 heteroatoms. The molecule has 0 aliphatic carbocycles. The van der Waals surface area contributed by atoms with Crippen molar-refractivity contribution in [1.82, 2.24) is 0 Å². The molecule has 0 aliphatic heterocycles. The fourth-order valence-corrected chi connectivity index (χ4v) is 2.36. The summed E-state index contributed by atoms with van der Waals surface area (Å²) < 4.78 is 11.1. The monoisotopic (exact) mass is 277 g/mol. The lowest BCUT2D eigenvalue weighted by Crippen LogP contribution is -2.08. The van der Waals surface area contributed by atoms with Crippen molar-refractivity contribution < 1.29 is 9.47 Å². The highest BCUT2D eigenvalue weighted by molar-refractivity contribution is 7.09. The van der Waals surface area contributed by atoms with Gasteiger partial charge in [0.15, 0.2) is 0 Å². The molecule has 0 atom stereocenters. The summed E-state index contributed by atoms with van der Waals surface area (Å²) in [4.78, 5) is 1.36. The Hall–Kier alpha value is -1.36. The number of hydrogen-bond donors (Lipinski definition) is 1. The van der Waals surface area contributed by atoms with E-state index < -0.39 is 0 Å². The first-order valence-electron chi connectivity index (χ1n) is 6.40. The molecule has 0 bridgehead atoms. The van der Waals surface area contributed by atoms with Crippen molar-refractivity contribution in [2.75, 3.05) is 19.8 Å². The van der Waals surface area contributed by atoms with Gasteiger partial charge in [-0.1, -0.05) is 18.2 Å². The molecule has 0 spiro atoms. The second-order valence-electron chi connectivity index (χ2n) is 4.14. The highest BCUT2D eigenvalue weighted by Crippen LogP contribution is 2.12. The fourth-order valence-electron chi connectivity index (χ4n) is 1.67. The summed E-state index contributed by atoms with van der Waals surface area (Å²) in [5.74, 6) is 0.860. The molecule has 0 saturated heterocycles. The molecule has 102 valence electrons. The summed E-state index contributed by atoms with van der Waals surface area (Å²) in [5, 5.41) is 2.09. The summed E-state index contributed by atoms with van der Waals surface area (Å²) >= 11 is 1.77. The fraction of sp³-hybridized carbons (Fsp3) is 0.333. The Morgan fingerprint density at radius 2 is 1.84 bits per heavy atom. The van der Waals surface area contributed by atoms with Gasteiger partial charge in [0.25, 0.3) is 0 Å². The maximum Gasteiger partial charge on any atom is 0.119 e. The highest BCUT2D eigenvalue weighted by Gasteiger charge is 1.96. The second-order valence-corrected chi connectivity index (χ2v) is 5.17. The minimum Gasteiger partial charge on any atom is -0.491 e. The summed E-state index contributed by atoms with van der Waals surface area (Å²) in [6.45, 7) is 2.50. The number of benzene rings is 1. The van der Waals surface area contributed by atoms with Gasteiger partial charge in [-0.15, -0.1) is 11.3 Å². The molecule has 19 heavy (non-hydrogen) atoms. The summed E-state index contributed by atoms with van der Waals surface area (Å²) in [7, 11) is 0. The third-order valence-electron chi connectivity index (χ3n) is 2.73. The van der Waals surface area contributed by atoms with Gasteiger partial charge in [-0.3, -0.25) is 0 Å². The molecule has 1 aromatic heterocycles. The zero-order valence-electron chi connectivity index (χ0n) is 10.9. The Labute approximate surface area is 118 Å². The minimum atomic E-state index is 0.562. The van der Waals surface area contributed by atoms with E-state index in [9.17, 15) is 0 Å². The molecule has 1 heterocycles. The first kappa shape index (κ1) is 14.1. The van der Waals surface area contributed by atoms with Crippen LogP contribution in [0.1, 0.15) is 10.4 Å². The van der Waals surface area contributed by atoms with Crippen LogP contribution in [-0.2, 0) is 17.7 Å². The number of rotatable bonds is 8. The third kappa shape index (κ3) is 5.03. The van der Waals surface area contributed by atoms with Crippen LogP contribution in [0.2, 0.25) is 0 Å². The molecule has 3 nitrogen and oxygen atoms in total. The topological polar surface area (TPSA) is 44.5 Å². The molecule has 0 unspecified atom stereocenters. The minimum absolute atomic E-state index is 0.562. The van der Waals surface area contributed by atoms with E-state index in [1.165, 1.54) is 4.88 Å². The average Bonchev–Trinajstić information content (AvgIpc) is 2.96. The molecule has 2 rings (SSSR count). The lowest BCUT2D eigenvalue weighted by atomic mass is 10.2. The lowest BCUT2D eigenvalue weighted by molar-refractivity contribution is 0.103. The van der Waals surface area contributed by atoms with Crippen molar-refractivity contribution in [3.05, 3.63) is 52.2 Å². The van der Waals surface area contributed by atoms with E-state index in [0.717, 1.165) is 24.3 Å². The lowest BCUT2D eigenvalue weighted by Gasteiger charge is -2.07. The molecular weight excluding hydrogens is 258 g/mol. The van der Waals surface area contributed by atoms with Crippen LogP contribution < -0.4 is 10.5 Å². The molecule has 0 radical (unpaired) electrons. The van der Waals surface area contributed by atoms with Gasteiger partial charge in [0, 0.05) is 17.8 Å². The summed E-state index contributed by atoms with van der Waals surface area (Å²) in [6, 6.07) is 12.0. The molecule has 2 N–H and O–H groups in total. The van der Waals surface area contributed by atoms with Crippen molar-refractivity contribution in [2.45, 2.75) is 13.0 Å². The smallest absolute Gasteiger partial charge is 0.119 e. The maximum absolute atomic E-state index is 5.58. The van der Waals surface area contributed by atoms with Crippen LogP contribution in [-0.4, -0.2) is 19.8 Å². The Morgan fingerprint density at radius 1 is 1.00 bits per heavy atom. The molecule has 0 fully saturated rings. The molecule has 0 aliphatic rings. The van der Waals surface area contributed by atoms with Gasteiger partial charge in [-0.2, -0.15) is 0 Å². The van der Waals surface area contributed by atoms with Crippen LogP contribution in [0, 0.1) is 0 Å². The molecule has 0 amide bonds. The van der Waals surface area contributed by atoms with Crippen LogP contribution in [0.25, 0.3) is 0 Å². The first-order valence-corrected chi connectivity index (χ1v) is 7.28. The number of thiophene rings is 1. The Balaban J connectivity index is 1.56. The van der Waals surface area contributed by atoms with Gasteiger partial charge >= 0.3 is 0 Å². The van der Waals surface area contributed by atoms with Crippen molar-refractivity contribution in [1.29, 1.82) is 0 Å². The maximum atomic E-state index is 5.58. The predicted molar refractivity (Wildman–Crippen MR) is 78.7 cm³/mol. The molecule has 0 saturated carbocycles. The van der Waals surface area contributed by atoms with E-state index in [4.69, 9.17) is 15.2 Å². The standard InChI is InChI=1S/C15H19NO2S/c16-12-13-3-5-14(6-4-13)18-10-9-17-8-7-15-2-1-11-19-15/h1-6,11H,7-10,12,16H2. The number of ether oxygens (including phenoxy) is 2. The van der Waals surface area contributed by atoms with E-state index in [1.54, 1.807) is 11.3 Å². The van der Waals surface area contributed by atoms with E-state index in [-0.39, 0.29) is 0 Å². The van der Waals surface area contributed by atoms with E-state index >= 15 is 0 Å². The highest BCUT2D eigenvalue weighted by atomic mass is 32.1. The van der Waals surface area contributed by atoms with Gasteiger partial charge in [0.05, 0.1) is 13.2 Å². The van der Waals surface area contributed by atoms with Crippen molar-refractivity contribution in [3.8, 4) is 5.75 Å². The largest absolute Gasteiger partial charge is 0.491 e. The van der Waals surface area contributed by atoms with Gasteiger partial charge in [-0.25, -0.2) is 0 Å². The zero-order valence-corrected chi connectivity index (χ0v) is 11.7. The Bertz CT molecular complexity index is 454. The van der Waals surface area contributed by atoms with Crippen LogP contribution >= 0.6 is 11.3 Å². The van der Waals surface area contributed by atoms with E-state index in [2.05, 4.69) is 17.5 Å². The third-order valence-corrected chi connectivity index (χ3v) is 3.66.